The van der Waals surface area contributed by atoms with Crippen LogP contribution in [0.5, 0.6) is 0 Å². The molecule has 9 aromatic rings. The Bertz CT molecular complexity index is 2480. The van der Waals surface area contributed by atoms with E-state index in [-0.39, 0.29) is 0 Å². The third-order valence-electron chi connectivity index (χ3n) is 9.26. The molecular formula is C46H31NO. The topological polar surface area (TPSA) is 16.4 Å². The molecular weight excluding hydrogens is 583 g/mol. The van der Waals surface area contributed by atoms with Crippen molar-refractivity contribution in [3.8, 4) is 33.4 Å². The summed E-state index contributed by atoms with van der Waals surface area (Å²) in [4.78, 5) is 2.41. The van der Waals surface area contributed by atoms with Crippen molar-refractivity contribution in [2.75, 3.05) is 4.90 Å². The van der Waals surface area contributed by atoms with E-state index in [1.165, 1.54) is 27.6 Å². The minimum Gasteiger partial charge on any atom is -0.455 e. The van der Waals surface area contributed by atoms with Gasteiger partial charge >= 0.3 is 0 Å². The fraction of sp³-hybridized carbons (Fsp3) is 0. The Kier molecular flexibility index (Phi) is 6.84. The minimum absolute atomic E-state index is 0.893. The molecule has 226 valence electrons. The second kappa shape index (κ2) is 11.8. The molecule has 0 N–H and O–H groups in total. The van der Waals surface area contributed by atoms with Crippen molar-refractivity contribution in [2.24, 2.45) is 0 Å². The molecule has 0 fully saturated rings. The van der Waals surface area contributed by atoms with Crippen LogP contribution in [0.25, 0.3) is 66.1 Å². The van der Waals surface area contributed by atoms with E-state index in [1.54, 1.807) is 0 Å². The van der Waals surface area contributed by atoms with Gasteiger partial charge in [-0.1, -0.05) is 152 Å². The number of furan rings is 1. The number of hydrogen-bond donors (Lipinski definition) is 0. The van der Waals surface area contributed by atoms with E-state index in [9.17, 15) is 0 Å². The molecule has 0 saturated carbocycles. The number of rotatable bonds is 6. The van der Waals surface area contributed by atoms with Crippen LogP contribution in [-0.2, 0) is 0 Å². The summed E-state index contributed by atoms with van der Waals surface area (Å²) in [5.74, 6) is 0. The third-order valence-corrected chi connectivity index (χ3v) is 9.26. The Morgan fingerprint density at radius 3 is 1.65 bits per heavy atom. The highest BCUT2D eigenvalue weighted by Gasteiger charge is 2.21. The summed E-state index contributed by atoms with van der Waals surface area (Å²) in [7, 11) is 0. The van der Waals surface area contributed by atoms with Crippen LogP contribution in [0.2, 0.25) is 0 Å². The number of nitrogens with zero attached hydrogens (tertiary/aromatic N) is 1. The van der Waals surface area contributed by atoms with E-state index in [2.05, 4.69) is 193 Å². The average molecular weight is 614 g/mol. The zero-order chi connectivity index (χ0) is 31.9. The quantitative estimate of drug-likeness (QED) is 0.185. The average Bonchev–Trinajstić information content (AvgIpc) is 3.56. The van der Waals surface area contributed by atoms with Crippen LogP contribution >= 0.6 is 0 Å². The Morgan fingerprint density at radius 1 is 0.375 bits per heavy atom. The maximum absolute atomic E-state index is 6.56. The first-order valence-electron chi connectivity index (χ1n) is 16.4. The van der Waals surface area contributed by atoms with Gasteiger partial charge in [-0.15, -0.1) is 0 Å². The predicted molar refractivity (Wildman–Crippen MR) is 202 cm³/mol. The molecule has 0 saturated heterocycles. The molecule has 0 spiro atoms. The van der Waals surface area contributed by atoms with Crippen molar-refractivity contribution in [3.05, 3.63) is 188 Å². The van der Waals surface area contributed by atoms with Crippen LogP contribution < -0.4 is 4.90 Å². The Hall–Kier alpha value is -6.38. The van der Waals surface area contributed by atoms with Crippen LogP contribution in [0, 0.1) is 0 Å². The zero-order valence-electron chi connectivity index (χ0n) is 26.3. The molecule has 2 nitrogen and oxygen atoms in total. The lowest BCUT2D eigenvalue weighted by Crippen LogP contribution is -2.12. The van der Waals surface area contributed by atoms with Gasteiger partial charge in [-0.05, 0) is 64.0 Å². The highest BCUT2D eigenvalue weighted by molar-refractivity contribution is 6.19. The lowest BCUT2D eigenvalue weighted by atomic mass is 9.96. The van der Waals surface area contributed by atoms with Gasteiger partial charge < -0.3 is 9.32 Å². The van der Waals surface area contributed by atoms with Gasteiger partial charge in [0.05, 0.1) is 11.4 Å². The van der Waals surface area contributed by atoms with Gasteiger partial charge in [0.25, 0.3) is 0 Å². The SMILES string of the molecule is c1ccc(-c2ccccc2N(c2cccc(-c3cccc4oc5c6ccccc6ccc5c34)c2)c2ccccc2-c2ccccc2)cc1. The smallest absolute Gasteiger partial charge is 0.143 e. The van der Waals surface area contributed by atoms with Crippen molar-refractivity contribution >= 4 is 49.8 Å². The van der Waals surface area contributed by atoms with E-state index in [0.29, 0.717) is 0 Å². The lowest BCUT2D eigenvalue weighted by molar-refractivity contribution is 0.673. The largest absolute Gasteiger partial charge is 0.455 e. The van der Waals surface area contributed by atoms with Crippen molar-refractivity contribution in [2.45, 2.75) is 0 Å². The van der Waals surface area contributed by atoms with Crippen molar-refractivity contribution in [3.63, 3.8) is 0 Å². The first-order valence-corrected chi connectivity index (χ1v) is 16.4. The monoisotopic (exact) mass is 613 g/mol. The number of para-hydroxylation sites is 2. The lowest BCUT2D eigenvalue weighted by Gasteiger charge is -2.30. The van der Waals surface area contributed by atoms with E-state index in [0.717, 1.165) is 55.5 Å². The first kappa shape index (κ1) is 27.9. The van der Waals surface area contributed by atoms with Crippen LogP contribution in [-0.4, -0.2) is 0 Å². The molecule has 8 aromatic carbocycles. The maximum Gasteiger partial charge on any atom is 0.143 e. The van der Waals surface area contributed by atoms with Gasteiger partial charge in [0, 0.05) is 33.0 Å². The highest BCUT2D eigenvalue weighted by Crippen LogP contribution is 2.46. The number of fused-ring (bicyclic) bond motifs is 5. The summed E-state index contributed by atoms with van der Waals surface area (Å²) < 4.78 is 6.56. The van der Waals surface area contributed by atoms with E-state index < -0.39 is 0 Å². The van der Waals surface area contributed by atoms with Gasteiger partial charge in [0.1, 0.15) is 11.2 Å². The standard InChI is InChI=1S/C46H31NO/c1-3-15-32(16-4-1)37-22-9-11-26-42(37)47(43-27-12-10-23-38(43)33-17-5-2-6-18-33)36-21-13-20-35(31-36)39-25-14-28-44-45(39)41-30-29-34-19-7-8-24-40(34)46(41)48-44/h1-31H. The molecule has 0 aliphatic heterocycles. The van der Waals surface area contributed by atoms with Crippen LogP contribution in [0.3, 0.4) is 0 Å². The fourth-order valence-electron chi connectivity index (χ4n) is 7.08. The normalized spacial score (nSPS) is 11.3. The number of anilines is 3. The zero-order valence-corrected chi connectivity index (χ0v) is 26.3. The molecule has 2 heteroatoms. The molecule has 0 amide bonds. The summed E-state index contributed by atoms with van der Waals surface area (Å²) in [5, 5.41) is 4.58. The Labute approximate surface area is 279 Å². The summed E-state index contributed by atoms with van der Waals surface area (Å²) in [6.45, 7) is 0. The molecule has 0 bridgehead atoms. The molecule has 9 rings (SSSR count). The number of benzene rings is 8. The van der Waals surface area contributed by atoms with Gasteiger partial charge in [-0.2, -0.15) is 0 Å². The van der Waals surface area contributed by atoms with Crippen LogP contribution in [0.15, 0.2) is 192 Å². The highest BCUT2D eigenvalue weighted by atomic mass is 16.3. The van der Waals surface area contributed by atoms with Crippen molar-refractivity contribution in [1.82, 2.24) is 0 Å². The second-order valence-electron chi connectivity index (χ2n) is 12.1. The van der Waals surface area contributed by atoms with Crippen LogP contribution in [0.1, 0.15) is 0 Å². The molecule has 1 aromatic heterocycles. The summed E-state index contributed by atoms with van der Waals surface area (Å²) in [6.07, 6.45) is 0. The van der Waals surface area contributed by atoms with Crippen molar-refractivity contribution in [1.29, 1.82) is 0 Å². The summed E-state index contributed by atoms with van der Waals surface area (Å²) >= 11 is 0. The van der Waals surface area contributed by atoms with Gasteiger partial charge in [0.15, 0.2) is 0 Å². The molecule has 48 heavy (non-hydrogen) atoms. The Balaban J connectivity index is 1.29. The molecule has 0 radical (unpaired) electrons. The minimum atomic E-state index is 0.893. The van der Waals surface area contributed by atoms with Gasteiger partial charge in [0.2, 0.25) is 0 Å². The van der Waals surface area contributed by atoms with Gasteiger partial charge in [-0.3, -0.25) is 0 Å². The maximum atomic E-state index is 6.56. The molecule has 0 atom stereocenters. The summed E-state index contributed by atoms with van der Waals surface area (Å²) in [5.41, 5.74) is 12.1. The second-order valence-corrected chi connectivity index (χ2v) is 12.1. The fourth-order valence-corrected chi connectivity index (χ4v) is 7.08. The summed E-state index contributed by atoms with van der Waals surface area (Å²) in [6, 6.07) is 66.9. The van der Waals surface area contributed by atoms with Crippen molar-refractivity contribution < 1.29 is 4.42 Å². The van der Waals surface area contributed by atoms with E-state index in [4.69, 9.17) is 4.42 Å². The van der Waals surface area contributed by atoms with E-state index in [1.807, 2.05) is 0 Å². The van der Waals surface area contributed by atoms with Crippen LogP contribution in [0.4, 0.5) is 17.1 Å². The Morgan fingerprint density at radius 2 is 0.938 bits per heavy atom. The van der Waals surface area contributed by atoms with Gasteiger partial charge in [-0.25, -0.2) is 0 Å². The van der Waals surface area contributed by atoms with E-state index >= 15 is 0 Å². The molecule has 0 unspecified atom stereocenters. The molecule has 1 heterocycles. The molecule has 0 aliphatic carbocycles. The first-order chi connectivity index (χ1) is 23.8. The number of hydrogen-bond acceptors (Lipinski definition) is 2. The molecule has 0 aliphatic rings. The third kappa shape index (κ3) is 4.74. The predicted octanol–water partition coefficient (Wildman–Crippen LogP) is 13.2.